The summed E-state index contributed by atoms with van der Waals surface area (Å²) < 4.78 is 5.72. The zero-order chi connectivity index (χ0) is 16.0. The second-order valence-corrected chi connectivity index (χ2v) is 6.39. The molecule has 1 atom stereocenters. The van der Waals surface area contributed by atoms with E-state index >= 15 is 0 Å². The van der Waals surface area contributed by atoms with E-state index in [1.807, 2.05) is 38.2 Å². The van der Waals surface area contributed by atoms with Crippen LogP contribution in [0.15, 0.2) is 24.3 Å². The van der Waals surface area contributed by atoms with Gasteiger partial charge in [-0.25, -0.2) is 0 Å². The molecule has 21 heavy (non-hydrogen) atoms. The third-order valence-corrected chi connectivity index (χ3v) is 3.58. The maximum absolute atomic E-state index is 12.4. The summed E-state index contributed by atoms with van der Waals surface area (Å²) >= 11 is 0. The lowest BCUT2D eigenvalue weighted by atomic mass is 9.93. The molecule has 1 rings (SSSR count). The van der Waals surface area contributed by atoms with Crippen molar-refractivity contribution in [3.63, 3.8) is 0 Å². The first-order valence-corrected chi connectivity index (χ1v) is 7.51. The number of hydrogen-bond donors (Lipinski definition) is 1. The predicted molar refractivity (Wildman–Crippen MR) is 86.6 cm³/mol. The summed E-state index contributed by atoms with van der Waals surface area (Å²) in [6.07, 6.45) is 1.14. The minimum Gasteiger partial charge on any atom is -0.491 e. The number of ether oxygens (including phenoxy) is 1. The van der Waals surface area contributed by atoms with Crippen molar-refractivity contribution in [2.45, 2.75) is 40.2 Å². The molecule has 1 amide bonds. The Morgan fingerprint density at radius 1 is 1.33 bits per heavy atom. The number of nitrogens with zero attached hydrogens (tertiary/aromatic N) is 1. The normalized spacial score (nSPS) is 12.9. The molecule has 2 N–H and O–H groups in total. The molecule has 0 aliphatic heterocycles. The SMILES string of the molecule is CCC(C)Oc1ccc(C(=O)N(C)CC(C)(C)CN)cc1. The van der Waals surface area contributed by atoms with Crippen LogP contribution in [-0.2, 0) is 0 Å². The second-order valence-electron chi connectivity index (χ2n) is 6.39. The number of amides is 1. The summed E-state index contributed by atoms with van der Waals surface area (Å²) in [5.74, 6) is 0.803. The van der Waals surface area contributed by atoms with Gasteiger partial charge in [0.25, 0.3) is 5.91 Å². The van der Waals surface area contributed by atoms with E-state index in [2.05, 4.69) is 20.8 Å². The van der Waals surface area contributed by atoms with Crippen LogP contribution in [0, 0.1) is 5.41 Å². The average Bonchev–Trinajstić information content (AvgIpc) is 2.46. The molecule has 0 saturated heterocycles. The van der Waals surface area contributed by atoms with E-state index in [4.69, 9.17) is 10.5 Å². The number of hydrogen-bond acceptors (Lipinski definition) is 3. The van der Waals surface area contributed by atoms with Crippen LogP contribution in [0.4, 0.5) is 0 Å². The molecule has 4 nitrogen and oxygen atoms in total. The standard InChI is InChI=1S/C17H28N2O2/c1-6-13(2)21-15-9-7-14(8-10-15)16(20)19(5)12-17(3,4)11-18/h7-10,13H,6,11-12,18H2,1-5H3. The molecule has 0 radical (unpaired) electrons. The predicted octanol–water partition coefficient (Wildman–Crippen LogP) is 2.92. The van der Waals surface area contributed by atoms with Gasteiger partial charge in [0, 0.05) is 19.2 Å². The molecular weight excluding hydrogens is 264 g/mol. The minimum absolute atomic E-state index is 0.00612. The molecule has 0 aliphatic rings. The third-order valence-electron chi connectivity index (χ3n) is 3.58. The van der Waals surface area contributed by atoms with E-state index in [9.17, 15) is 4.79 Å². The van der Waals surface area contributed by atoms with Crippen LogP contribution in [0.5, 0.6) is 5.75 Å². The fourth-order valence-corrected chi connectivity index (χ4v) is 1.99. The van der Waals surface area contributed by atoms with E-state index in [1.165, 1.54) is 0 Å². The maximum Gasteiger partial charge on any atom is 0.253 e. The summed E-state index contributed by atoms with van der Waals surface area (Å²) in [4.78, 5) is 14.1. The topological polar surface area (TPSA) is 55.6 Å². The molecule has 1 unspecified atom stereocenters. The van der Waals surface area contributed by atoms with E-state index in [0.29, 0.717) is 18.7 Å². The highest BCUT2D eigenvalue weighted by Crippen LogP contribution is 2.18. The number of carbonyl (C=O) groups is 1. The molecule has 0 heterocycles. The first-order chi connectivity index (χ1) is 9.79. The van der Waals surface area contributed by atoms with Crippen molar-refractivity contribution in [1.82, 2.24) is 4.90 Å². The van der Waals surface area contributed by atoms with Crippen LogP contribution in [0.25, 0.3) is 0 Å². The van der Waals surface area contributed by atoms with Gasteiger partial charge < -0.3 is 15.4 Å². The van der Waals surface area contributed by atoms with Crippen molar-refractivity contribution >= 4 is 5.91 Å². The van der Waals surface area contributed by atoms with Crippen molar-refractivity contribution < 1.29 is 9.53 Å². The summed E-state index contributed by atoms with van der Waals surface area (Å²) in [6, 6.07) is 7.32. The van der Waals surface area contributed by atoms with Crippen molar-refractivity contribution in [1.29, 1.82) is 0 Å². The van der Waals surface area contributed by atoms with Gasteiger partial charge in [0.2, 0.25) is 0 Å². The Morgan fingerprint density at radius 2 is 1.90 bits per heavy atom. The second kappa shape index (κ2) is 7.46. The van der Waals surface area contributed by atoms with Crippen LogP contribution in [0.2, 0.25) is 0 Å². The molecule has 0 saturated carbocycles. The molecule has 1 aromatic rings. The number of benzene rings is 1. The van der Waals surface area contributed by atoms with Crippen LogP contribution in [-0.4, -0.2) is 37.0 Å². The summed E-state index contributed by atoms with van der Waals surface area (Å²) in [7, 11) is 1.81. The Kier molecular flexibility index (Phi) is 6.21. The quantitative estimate of drug-likeness (QED) is 0.840. The molecule has 118 valence electrons. The van der Waals surface area contributed by atoms with E-state index in [0.717, 1.165) is 12.2 Å². The van der Waals surface area contributed by atoms with Crippen molar-refractivity contribution in [3.8, 4) is 5.75 Å². The van der Waals surface area contributed by atoms with Crippen molar-refractivity contribution in [2.24, 2.45) is 11.1 Å². The fourth-order valence-electron chi connectivity index (χ4n) is 1.99. The monoisotopic (exact) mass is 292 g/mol. The molecule has 0 bridgehead atoms. The van der Waals surface area contributed by atoms with Gasteiger partial charge >= 0.3 is 0 Å². The van der Waals surface area contributed by atoms with Crippen molar-refractivity contribution in [2.75, 3.05) is 20.1 Å². The van der Waals surface area contributed by atoms with Gasteiger partial charge in [0.05, 0.1) is 6.10 Å². The molecule has 1 aromatic carbocycles. The van der Waals surface area contributed by atoms with Crippen LogP contribution in [0.1, 0.15) is 44.5 Å². The smallest absolute Gasteiger partial charge is 0.253 e. The third kappa shape index (κ3) is 5.38. The lowest BCUT2D eigenvalue weighted by Crippen LogP contribution is -2.39. The molecule has 0 aromatic heterocycles. The number of rotatable bonds is 7. The Bertz CT molecular complexity index is 454. The highest BCUT2D eigenvalue weighted by Gasteiger charge is 2.21. The van der Waals surface area contributed by atoms with E-state index in [1.54, 1.807) is 4.90 Å². The van der Waals surface area contributed by atoms with E-state index < -0.39 is 0 Å². The largest absolute Gasteiger partial charge is 0.491 e. The van der Waals surface area contributed by atoms with Gasteiger partial charge in [0.15, 0.2) is 0 Å². The summed E-state index contributed by atoms with van der Waals surface area (Å²) in [5, 5.41) is 0. The molecule has 0 fully saturated rings. The highest BCUT2D eigenvalue weighted by atomic mass is 16.5. The first kappa shape index (κ1) is 17.5. The Labute approximate surface area is 128 Å². The number of carbonyl (C=O) groups excluding carboxylic acids is 1. The van der Waals surface area contributed by atoms with Gasteiger partial charge in [-0.1, -0.05) is 20.8 Å². The molecule has 0 aliphatic carbocycles. The maximum atomic E-state index is 12.4. The van der Waals surface area contributed by atoms with Gasteiger partial charge in [0.1, 0.15) is 5.75 Å². The van der Waals surface area contributed by atoms with Crippen LogP contribution in [0.3, 0.4) is 0 Å². The Hall–Kier alpha value is -1.55. The molecule has 0 spiro atoms. The van der Waals surface area contributed by atoms with Gasteiger partial charge in [-0.3, -0.25) is 4.79 Å². The lowest BCUT2D eigenvalue weighted by Gasteiger charge is -2.29. The molecular formula is C17H28N2O2. The summed E-state index contributed by atoms with van der Waals surface area (Å²) in [6.45, 7) is 9.40. The van der Waals surface area contributed by atoms with Crippen molar-refractivity contribution in [3.05, 3.63) is 29.8 Å². The number of nitrogens with two attached hydrogens (primary N) is 1. The van der Waals surface area contributed by atoms with Gasteiger partial charge in [-0.2, -0.15) is 0 Å². The molecule has 4 heteroatoms. The van der Waals surface area contributed by atoms with Crippen LogP contribution >= 0.6 is 0 Å². The van der Waals surface area contributed by atoms with E-state index in [-0.39, 0.29) is 17.4 Å². The van der Waals surface area contributed by atoms with Gasteiger partial charge in [-0.05, 0) is 49.6 Å². The van der Waals surface area contributed by atoms with Gasteiger partial charge in [-0.15, -0.1) is 0 Å². The summed E-state index contributed by atoms with van der Waals surface area (Å²) in [5.41, 5.74) is 6.31. The Balaban J connectivity index is 2.70. The lowest BCUT2D eigenvalue weighted by molar-refractivity contribution is 0.0740. The minimum atomic E-state index is -0.0793. The average molecular weight is 292 g/mol. The van der Waals surface area contributed by atoms with Crippen LogP contribution < -0.4 is 10.5 Å². The Morgan fingerprint density at radius 3 is 2.38 bits per heavy atom. The zero-order valence-corrected chi connectivity index (χ0v) is 13.8. The fraction of sp³-hybridized carbons (Fsp3) is 0.588. The highest BCUT2D eigenvalue weighted by molar-refractivity contribution is 5.94. The zero-order valence-electron chi connectivity index (χ0n) is 13.8. The first-order valence-electron chi connectivity index (χ1n) is 7.51.